The summed E-state index contributed by atoms with van der Waals surface area (Å²) in [6.07, 6.45) is 0.288. The maximum atomic E-state index is 11.0. The number of carboxylic acids is 1. The van der Waals surface area contributed by atoms with E-state index in [9.17, 15) is 9.59 Å². The molecule has 5 heteroatoms. The van der Waals surface area contributed by atoms with Crippen molar-refractivity contribution >= 4 is 23.5 Å². The van der Waals surface area contributed by atoms with E-state index in [1.807, 2.05) is 12.1 Å². The van der Waals surface area contributed by atoms with Crippen molar-refractivity contribution in [3.8, 4) is 0 Å². The van der Waals surface area contributed by atoms with E-state index in [4.69, 9.17) is 16.7 Å². The zero-order valence-electron chi connectivity index (χ0n) is 9.44. The maximum absolute atomic E-state index is 11.0. The van der Waals surface area contributed by atoms with Crippen molar-refractivity contribution in [2.75, 3.05) is 0 Å². The molecule has 92 valence electrons. The van der Waals surface area contributed by atoms with E-state index in [1.165, 1.54) is 6.92 Å². The molecule has 17 heavy (non-hydrogen) atoms. The molecule has 0 bridgehead atoms. The summed E-state index contributed by atoms with van der Waals surface area (Å²) >= 11 is 5.98. The number of benzene rings is 1. The van der Waals surface area contributed by atoms with E-state index in [-0.39, 0.29) is 12.3 Å². The molecule has 1 aromatic carbocycles. The number of hydrogen-bond acceptors (Lipinski definition) is 2. The number of aliphatic carboxylic acids is 1. The monoisotopic (exact) mass is 255 g/mol. The van der Waals surface area contributed by atoms with Gasteiger partial charge in [0.05, 0.1) is 6.42 Å². The number of rotatable bonds is 5. The number of amides is 1. The van der Waals surface area contributed by atoms with E-state index in [1.54, 1.807) is 12.1 Å². The smallest absolute Gasteiger partial charge is 0.305 e. The van der Waals surface area contributed by atoms with Crippen LogP contribution in [0.5, 0.6) is 0 Å². The highest BCUT2D eigenvalue weighted by atomic mass is 35.5. The zero-order valence-corrected chi connectivity index (χ0v) is 10.2. The topological polar surface area (TPSA) is 66.4 Å². The lowest BCUT2D eigenvalue weighted by Crippen LogP contribution is -2.36. The van der Waals surface area contributed by atoms with Crippen molar-refractivity contribution in [3.05, 3.63) is 34.9 Å². The van der Waals surface area contributed by atoms with Gasteiger partial charge in [-0.05, 0) is 18.1 Å². The molecule has 1 aromatic rings. The van der Waals surface area contributed by atoms with E-state index in [0.717, 1.165) is 5.56 Å². The molecule has 2 N–H and O–H groups in total. The van der Waals surface area contributed by atoms with Crippen LogP contribution >= 0.6 is 11.6 Å². The third kappa shape index (κ3) is 4.87. The van der Waals surface area contributed by atoms with Crippen LogP contribution in [0.25, 0.3) is 0 Å². The molecule has 0 unspecified atom stereocenters. The zero-order chi connectivity index (χ0) is 12.8. The first-order chi connectivity index (χ1) is 7.99. The second kappa shape index (κ2) is 6.25. The largest absolute Gasteiger partial charge is 0.481 e. The van der Waals surface area contributed by atoms with Crippen molar-refractivity contribution < 1.29 is 14.7 Å². The van der Waals surface area contributed by atoms with Gasteiger partial charge in [-0.1, -0.05) is 29.8 Å². The highest BCUT2D eigenvalue weighted by molar-refractivity contribution is 6.31. The predicted molar refractivity (Wildman–Crippen MR) is 65.0 cm³/mol. The summed E-state index contributed by atoms with van der Waals surface area (Å²) in [5, 5.41) is 11.9. The van der Waals surface area contributed by atoms with Gasteiger partial charge >= 0.3 is 5.97 Å². The summed E-state index contributed by atoms with van der Waals surface area (Å²) in [6.45, 7) is 1.36. The number of halogens is 1. The van der Waals surface area contributed by atoms with Gasteiger partial charge in [-0.3, -0.25) is 9.59 Å². The molecular formula is C12H14ClNO3. The van der Waals surface area contributed by atoms with Crippen molar-refractivity contribution in [2.24, 2.45) is 0 Å². The molecule has 0 aliphatic carbocycles. The second-order valence-electron chi connectivity index (χ2n) is 3.79. The first-order valence-corrected chi connectivity index (χ1v) is 5.59. The summed E-state index contributed by atoms with van der Waals surface area (Å²) in [6, 6.07) is 6.75. The third-order valence-electron chi connectivity index (χ3n) is 2.25. The average Bonchev–Trinajstić information content (AvgIpc) is 2.19. The first-order valence-electron chi connectivity index (χ1n) is 5.21. The van der Waals surface area contributed by atoms with Crippen LogP contribution in [-0.4, -0.2) is 23.0 Å². The SMILES string of the molecule is CC(=O)N[C@@H](CC(=O)O)Cc1ccccc1Cl. The van der Waals surface area contributed by atoms with Crippen LogP contribution in [0.2, 0.25) is 5.02 Å². The molecule has 0 heterocycles. The third-order valence-corrected chi connectivity index (χ3v) is 2.62. The molecule has 0 saturated heterocycles. The second-order valence-corrected chi connectivity index (χ2v) is 4.20. The van der Waals surface area contributed by atoms with Gasteiger partial charge < -0.3 is 10.4 Å². The summed E-state index contributed by atoms with van der Waals surface area (Å²) in [5.74, 6) is -1.20. The molecule has 0 saturated carbocycles. The van der Waals surface area contributed by atoms with Crippen LogP contribution in [-0.2, 0) is 16.0 Å². The molecule has 0 aliphatic rings. The van der Waals surface area contributed by atoms with Crippen LogP contribution in [0.15, 0.2) is 24.3 Å². The summed E-state index contributed by atoms with van der Waals surface area (Å²) in [4.78, 5) is 21.7. The van der Waals surface area contributed by atoms with Gasteiger partial charge in [-0.25, -0.2) is 0 Å². The fraction of sp³-hybridized carbons (Fsp3) is 0.333. The Bertz CT molecular complexity index is 404. The lowest BCUT2D eigenvalue weighted by Gasteiger charge is -2.16. The Labute approximate surface area is 105 Å². The Kier molecular flexibility index (Phi) is 4.97. The molecular weight excluding hydrogens is 242 g/mol. The van der Waals surface area contributed by atoms with Crippen molar-refractivity contribution in [2.45, 2.75) is 25.8 Å². The summed E-state index contributed by atoms with van der Waals surface area (Å²) < 4.78 is 0. The minimum absolute atomic E-state index is 0.120. The lowest BCUT2D eigenvalue weighted by molar-refractivity contribution is -0.137. The van der Waals surface area contributed by atoms with Gasteiger partial charge in [0, 0.05) is 18.0 Å². The van der Waals surface area contributed by atoms with Crippen LogP contribution in [0, 0.1) is 0 Å². The highest BCUT2D eigenvalue weighted by Crippen LogP contribution is 2.17. The van der Waals surface area contributed by atoms with Crippen LogP contribution in [0.1, 0.15) is 18.9 Å². The Morgan fingerprint density at radius 1 is 1.41 bits per heavy atom. The highest BCUT2D eigenvalue weighted by Gasteiger charge is 2.16. The molecule has 0 aromatic heterocycles. The van der Waals surface area contributed by atoms with Gasteiger partial charge in [-0.15, -0.1) is 0 Å². The molecule has 0 fully saturated rings. The number of carboxylic acid groups (broad SMARTS) is 1. The molecule has 1 amide bonds. The summed E-state index contributed by atoms with van der Waals surface area (Å²) in [7, 11) is 0. The predicted octanol–water partition coefficient (Wildman–Crippen LogP) is 1.86. The van der Waals surface area contributed by atoms with Crippen LogP contribution in [0.4, 0.5) is 0 Å². The van der Waals surface area contributed by atoms with Gasteiger partial charge in [0.2, 0.25) is 5.91 Å². The Balaban J connectivity index is 2.75. The van der Waals surface area contributed by atoms with E-state index >= 15 is 0 Å². The maximum Gasteiger partial charge on any atom is 0.305 e. The van der Waals surface area contributed by atoms with E-state index in [0.29, 0.717) is 11.4 Å². The summed E-state index contributed by atoms with van der Waals surface area (Å²) in [5.41, 5.74) is 0.828. The first kappa shape index (κ1) is 13.5. The van der Waals surface area contributed by atoms with Crippen LogP contribution < -0.4 is 5.32 Å². The Morgan fingerprint density at radius 3 is 2.59 bits per heavy atom. The fourth-order valence-corrected chi connectivity index (χ4v) is 1.81. The number of nitrogens with one attached hydrogen (secondary N) is 1. The Morgan fingerprint density at radius 2 is 2.06 bits per heavy atom. The molecule has 0 spiro atoms. The lowest BCUT2D eigenvalue weighted by atomic mass is 10.0. The minimum Gasteiger partial charge on any atom is -0.481 e. The van der Waals surface area contributed by atoms with Crippen molar-refractivity contribution in [3.63, 3.8) is 0 Å². The van der Waals surface area contributed by atoms with Crippen molar-refractivity contribution in [1.82, 2.24) is 5.32 Å². The van der Waals surface area contributed by atoms with Crippen LogP contribution in [0.3, 0.4) is 0 Å². The Hall–Kier alpha value is -1.55. The standard InChI is InChI=1S/C12H14ClNO3/c1-8(15)14-10(7-12(16)17)6-9-4-2-3-5-11(9)13/h2-5,10H,6-7H2,1H3,(H,14,15)(H,16,17)/t10-/m1/s1. The van der Waals surface area contributed by atoms with Crippen molar-refractivity contribution in [1.29, 1.82) is 0 Å². The normalized spacial score (nSPS) is 11.9. The van der Waals surface area contributed by atoms with Gasteiger partial charge in [0.15, 0.2) is 0 Å². The number of carbonyl (C=O) groups excluding carboxylic acids is 1. The number of carbonyl (C=O) groups is 2. The van der Waals surface area contributed by atoms with Gasteiger partial charge in [0.25, 0.3) is 0 Å². The van der Waals surface area contributed by atoms with E-state index < -0.39 is 12.0 Å². The van der Waals surface area contributed by atoms with Gasteiger partial charge in [0.1, 0.15) is 0 Å². The molecule has 0 aliphatic heterocycles. The number of hydrogen-bond donors (Lipinski definition) is 2. The van der Waals surface area contributed by atoms with E-state index in [2.05, 4.69) is 5.32 Å². The molecule has 4 nitrogen and oxygen atoms in total. The molecule has 0 radical (unpaired) electrons. The molecule has 1 rings (SSSR count). The van der Waals surface area contributed by atoms with Gasteiger partial charge in [-0.2, -0.15) is 0 Å². The quantitative estimate of drug-likeness (QED) is 0.844. The fourth-order valence-electron chi connectivity index (χ4n) is 1.60. The average molecular weight is 256 g/mol. The minimum atomic E-state index is -0.948. The molecule has 1 atom stereocenters.